The Bertz CT molecular complexity index is 940. The van der Waals surface area contributed by atoms with E-state index in [2.05, 4.69) is 22.6 Å². The van der Waals surface area contributed by atoms with Crippen molar-refractivity contribution in [3.8, 4) is 0 Å². The fraction of sp³-hybridized carbons (Fsp3) is 0.263. The highest BCUT2D eigenvalue weighted by Gasteiger charge is 2.29. The number of carbonyl (C=O) groups is 1. The molecule has 0 aliphatic carbocycles. The van der Waals surface area contributed by atoms with Gasteiger partial charge >= 0.3 is 6.03 Å². The van der Waals surface area contributed by atoms with Crippen LogP contribution in [0.5, 0.6) is 0 Å². The van der Waals surface area contributed by atoms with Gasteiger partial charge < -0.3 is 9.88 Å². The predicted octanol–water partition coefficient (Wildman–Crippen LogP) is 3.85. The second-order valence-corrected chi connectivity index (χ2v) is 6.20. The summed E-state index contributed by atoms with van der Waals surface area (Å²) < 4.78 is 1.87. The summed E-state index contributed by atoms with van der Waals surface area (Å²) in [4.78, 5) is 22.4. The number of hydrogen-bond donors (Lipinski definition) is 1. The molecular formula is C19H21ClN4O. The molecule has 0 spiro atoms. The van der Waals surface area contributed by atoms with Gasteiger partial charge in [0.2, 0.25) is 0 Å². The van der Waals surface area contributed by atoms with Crippen LogP contribution >= 0.6 is 12.4 Å². The molecule has 0 saturated heterocycles. The van der Waals surface area contributed by atoms with E-state index in [1.54, 1.807) is 6.33 Å². The molecule has 25 heavy (non-hydrogen) atoms. The van der Waals surface area contributed by atoms with Gasteiger partial charge in [0, 0.05) is 29.7 Å². The predicted molar refractivity (Wildman–Crippen MR) is 101 cm³/mol. The zero-order valence-electron chi connectivity index (χ0n) is 14.2. The fourth-order valence-corrected chi connectivity index (χ4v) is 3.56. The number of amides is 1. The van der Waals surface area contributed by atoms with Crippen LogP contribution in [0.1, 0.15) is 22.6 Å². The number of H-pyrrole nitrogens is 1. The second-order valence-electron chi connectivity index (χ2n) is 6.20. The maximum atomic E-state index is 13.1. The monoisotopic (exact) mass is 356 g/mol. The van der Waals surface area contributed by atoms with Gasteiger partial charge in [0.1, 0.15) is 0 Å². The quantitative estimate of drug-likeness (QED) is 0.722. The molecular weight excluding hydrogens is 336 g/mol. The number of halogens is 1. The van der Waals surface area contributed by atoms with Crippen molar-refractivity contribution >= 4 is 29.3 Å². The van der Waals surface area contributed by atoms with Crippen LogP contribution in [-0.4, -0.2) is 32.0 Å². The molecule has 4 rings (SSSR count). The van der Waals surface area contributed by atoms with Crippen LogP contribution in [0, 0.1) is 6.92 Å². The highest BCUT2D eigenvalue weighted by molar-refractivity contribution is 5.96. The van der Waals surface area contributed by atoms with Crippen molar-refractivity contribution < 1.29 is 4.79 Å². The van der Waals surface area contributed by atoms with Gasteiger partial charge in [-0.05, 0) is 25.0 Å². The topological polar surface area (TPSA) is 53.9 Å². The van der Waals surface area contributed by atoms with E-state index in [1.807, 2.05) is 40.7 Å². The summed E-state index contributed by atoms with van der Waals surface area (Å²) in [6.07, 6.45) is 5.23. The van der Waals surface area contributed by atoms with E-state index >= 15 is 0 Å². The van der Waals surface area contributed by atoms with Crippen LogP contribution < -0.4 is 0 Å². The lowest BCUT2D eigenvalue weighted by atomic mass is 10.1. The number of para-hydroxylation sites is 1. The zero-order chi connectivity index (χ0) is 16.7. The average Bonchev–Trinajstić information content (AvgIpc) is 3.13. The normalized spacial score (nSPS) is 13.6. The van der Waals surface area contributed by atoms with E-state index < -0.39 is 0 Å². The molecule has 1 N–H and O–H groups in total. The molecule has 130 valence electrons. The molecule has 6 heteroatoms. The molecule has 1 amide bonds. The van der Waals surface area contributed by atoms with Crippen molar-refractivity contribution in [3.05, 3.63) is 65.9 Å². The van der Waals surface area contributed by atoms with Crippen LogP contribution in [0.3, 0.4) is 0 Å². The third kappa shape index (κ3) is 2.74. The van der Waals surface area contributed by atoms with Crippen molar-refractivity contribution in [2.75, 3.05) is 6.54 Å². The van der Waals surface area contributed by atoms with Gasteiger partial charge in [-0.25, -0.2) is 9.78 Å². The number of nitrogens with zero attached hydrogens (tertiary/aromatic N) is 3. The van der Waals surface area contributed by atoms with Crippen molar-refractivity contribution in [1.29, 1.82) is 0 Å². The number of hydrogen-bond acceptors (Lipinski definition) is 2. The molecule has 0 fully saturated rings. The average molecular weight is 357 g/mol. The number of aromatic nitrogens is 3. The fourth-order valence-electron chi connectivity index (χ4n) is 3.56. The lowest BCUT2D eigenvalue weighted by Gasteiger charge is -2.29. The Balaban J connectivity index is 0.00000182. The van der Waals surface area contributed by atoms with Gasteiger partial charge in [-0.15, -0.1) is 19.0 Å². The molecule has 1 aliphatic rings. The number of carbonyl (C=O) groups excluding carboxylic acids is 1. The molecule has 1 aliphatic heterocycles. The molecule has 0 bridgehead atoms. The maximum Gasteiger partial charge on any atom is 0.329 e. The van der Waals surface area contributed by atoms with Crippen molar-refractivity contribution in [2.24, 2.45) is 0 Å². The van der Waals surface area contributed by atoms with E-state index in [0.717, 1.165) is 40.8 Å². The largest absolute Gasteiger partial charge is 0.348 e. The van der Waals surface area contributed by atoms with Crippen LogP contribution in [-0.2, 0) is 19.4 Å². The molecule has 0 saturated carbocycles. The first-order valence-electron chi connectivity index (χ1n) is 8.21. The first-order chi connectivity index (χ1) is 11.7. The first kappa shape index (κ1) is 17.3. The Hall–Kier alpha value is -2.53. The van der Waals surface area contributed by atoms with E-state index in [0.29, 0.717) is 13.1 Å². The smallest absolute Gasteiger partial charge is 0.329 e. The van der Waals surface area contributed by atoms with Gasteiger partial charge in [0.15, 0.2) is 0 Å². The van der Waals surface area contributed by atoms with E-state index in [9.17, 15) is 4.79 Å². The summed E-state index contributed by atoms with van der Waals surface area (Å²) in [6.45, 7) is 7.10. The number of benzene rings is 1. The second kappa shape index (κ2) is 6.76. The number of nitrogens with one attached hydrogen (secondary N) is 1. The Morgan fingerprint density at radius 3 is 2.88 bits per heavy atom. The summed E-state index contributed by atoms with van der Waals surface area (Å²) >= 11 is 0. The third-order valence-electron chi connectivity index (χ3n) is 4.79. The van der Waals surface area contributed by atoms with E-state index in [4.69, 9.17) is 0 Å². The minimum absolute atomic E-state index is 0. The summed E-state index contributed by atoms with van der Waals surface area (Å²) in [5.74, 6) is 0. The van der Waals surface area contributed by atoms with Crippen molar-refractivity contribution in [3.63, 3.8) is 0 Å². The molecule has 0 radical (unpaired) electrons. The van der Waals surface area contributed by atoms with Gasteiger partial charge in [-0.2, -0.15) is 0 Å². The number of allylic oxidation sites excluding steroid dienone is 1. The van der Waals surface area contributed by atoms with Crippen molar-refractivity contribution in [2.45, 2.75) is 26.3 Å². The maximum absolute atomic E-state index is 13.1. The highest BCUT2D eigenvalue weighted by Crippen LogP contribution is 2.30. The Kier molecular flexibility index (Phi) is 4.68. The summed E-state index contributed by atoms with van der Waals surface area (Å²) in [5.41, 5.74) is 5.27. The van der Waals surface area contributed by atoms with Gasteiger partial charge in [-0.3, -0.25) is 4.57 Å². The minimum atomic E-state index is 0. The lowest BCUT2D eigenvalue weighted by Crippen LogP contribution is -2.41. The minimum Gasteiger partial charge on any atom is -0.348 e. The SMILES string of the molecule is C=CCc1c2n(c3ccccc13)C(=O)N(Cc1nc[nH]c1C)CC2.Cl. The van der Waals surface area contributed by atoms with Gasteiger partial charge in [0.05, 0.1) is 24.1 Å². The number of imidazole rings is 1. The molecule has 3 aromatic rings. The molecule has 3 heterocycles. The number of aryl methyl sites for hydroxylation is 1. The molecule has 1 aromatic carbocycles. The standard InChI is InChI=1S/C19H20N4O.ClH/c1-3-6-14-15-7-4-5-8-17(15)23-18(14)9-10-22(19(23)24)11-16-13(2)20-12-21-16;/h3-5,7-8,12H,1,6,9-11H2,2H3,(H,20,21);1H. The van der Waals surface area contributed by atoms with Crippen LogP contribution in [0.2, 0.25) is 0 Å². The van der Waals surface area contributed by atoms with Gasteiger partial charge in [-0.1, -0.05) is 24.3 Å². The molecule has 0 unspecified atom stereocenters. The summed E-state index contributed by atoms with van der Waals surface area (Å²) in [7, 11) is 0. The zero-order valence-corrected chi connectivity index (χ0v) is 15.0. The highest BCUT2D eigenvalue weighted by atomic mass is 35.5. The van der Waals surface area contributed by atoms with Crippen LogP contribution in [0.25, 0.3) is 10.9 Å². The summed E-state index contributed by atoms with van der Waals surface area (Å²) in [5, 5.41) is 1.15. The van der Waals surface area contributed by atoms with Crippen LogP contribution in [0.15, 0.2) is 43.2 Å². The Morgan fingerprint density at radius 2 is 2.16 bits per heavy atom. The van der Waals surface area contributed by atoms with E-state index in [1.165, 1.54) is 5.56 Å². The Labute approximate surface area is 152 Å². The number of fused-ring (bicyclic) bond motifs is 3. The van der Waals surface area contributed by atoms with E-state index in [-0.39, 0.29) is 18.4 Å². The lowest BCUT2D eigenvalue weighted by molar-refractivity contribution is 0.190. The van der Waals surface area contributed by atoms with Crippen molar-refractivity contribution in [1.82, 2.24) is 19.4 Å². The number of rotatable bonds is 4. The van der Waals surface area contributed by atoms with Gasteiger partial charge in [0.25, 0.3) is 0 Å². The molecule has 2 aromatic heterocycles. The Morgan fingerprint density at radius 1 is 1.36 bits per heavy atom. The molecule has 5 nitrogen and oxygen atoms in total. The third-order valence-corrected chi connectivity index (χ3v) is 4.79. The molecule has 0 atom stereocenters. The first-order valence-corrected chi connectivity index (χ1v) is 8.21. The summed E-state index contributed by atoms with van der Waals surface area (Å²) in [6, 6.07) is 8.15. The van der Waals surface area contributed by atoms with Crippen LogP contribution in [0.4, 0.5) is 4.79 Å². The number of aromatic amines is 1.